The van der Waals surface area contributed by atoms with E-state index in [0.29, 0.717) is 15.8 Å². The molecule has 0 aromatic heterocycles. The summed E-state index contributed by atoms with van der Waals surface area (Å²) in [6, 6.07) is 15.1. The van der Waals surface area contributed by atoms with Gasteiger partial charge in [-0.15, -0.1) is 29.9 Å². The molecule has 3 rings (SSSR count). The Bertz CT molecular complexity index is 713. The van der Waals surface area contributed by atoms with Crippen molar-refractivity contribution in [2.45, 2.75) is 4.58 Å². The molecule has 0 unspecified atom stereocenters. The van der Waals surface area contributed by atoms with Crippen LogP contribution in [0.2, 0.25) is 0 Å². The summed E-state index contributed by atoms with van der Waals surface area (Å²) in [5.41, 5.74) is 3.40. The van der Waals surface area contributed by atoms with Crippen LogP contribution < -0.4 is 5.32 Å². The second-order valence-electron chi connectivity index (χ2n) is 4.87. The van der Waals surface area contributed by atoms with E-state index in [0.717, 1.165) is 5.56 Å². The minimum absolute atomic E-state index is 0.118. The Hall–Kier alpha value is -1.83. The predicted octanol–water partition coefficient (Wildman–Crippen LogP) is 4.40. The molecule has 2 nitrogen and oxygen atoms in total. The Labute approximate surface area is 139 Å². The molecular formula is C18H15NOS2. The fourth-order valence-corrected chi connectivity index (χ4v) is 5.09. The Balaban J connectivity index is 1.70. The molecule has 0 saturated carbocycles. The summed E-state index contributed by atoms with van der Waals surface area (Å²) in [6.07, 6.45) is 5.37. The van der Waals surface area contributed by atoms with Crippen LogP contribution in [0.3, 0.4) is 0 Å². The summed E-state index contributed by atoms with van der Waals surface area (Å²) < 4.78 is 0.504. The summed E-state index contributed by atoms with van der Waals surface area (Å²) in [6.45, 7) is 0. The molecule has 1 amide bonds. The molecule has 0 spiro atoms. The first-order valence-electron chi connectivity index (χ1n) is 6.97. The number of anilines is 1. The van der Waals surface area contributed by atoms with Crippen LogP contribution in [0.5, 0.6) is 0 Å². The largest absolute Gasteiger partial charge is 0.322 e. The molecule has 110 valence electrons. The molecule has 1 aliphatic rings. The second-order valence-corrected chi connectivity index (χ2v) is 7.60. The van der Waals surface area contributed by atoms with Gasteiger partial charge in [-0.3, -0.25) is 4.79 Å². The van der Waals surface area contributed by atoms with Crippen molar-refractivity contribution in [1.82, 2.24) is 0 Å². The summed E-state index contributed by atoms with van der Waals surface area (Å²) in [7, 11) is 0. The number of nitrogens with one attached hydrogen (secondary N) is 1. The lowest BCUT2D eigenvalue weighted by Crippen LogP contribution is -2.11. The van der Waals surface area contributed by atoms with E-state index in [2.05, 4.69) is 11.2 Å². The Morgan fingerprint density at radius 1 is 1.14 bits per heavy atom. The number of hydrogen-bond acceptors (Lipinski definition) is 3. The first-order chi connectivity index (χ1) is 10.8. The van der Waals surface area contributed by atoms with Gasteiger partial charge in [-0.2, -0.15) is 0 Å². The van der Waals surface area contributed by atoms with Crippen LogP contribution in [0.1, 0.15) is 26.1 Å². The summed E-state index contributed by atoms with van der Waals surface area (Å²) in [4.78, 5) is 12.3. The average molecular weight is 325 g/mol. The van der Waals surface area contributed by atoms with Crippen molar-refractivity contribution < 1.29 is 4.79 Å². The van der Waals surface area contributed by atoms with Gasteiger partial charge in [-0.25, -0.2) is 0 Å². The van der Waals surface area contributed by atoms with Crippen LogP contribution in [0, 0.1) is 12.3 Å². The fraction of sp³-hybridized carbons (Fsp3) is 0.167. The molecule has 1 fully saturated rings. The molecule has 1 heterocycles. The molecule has 2 aromatic rings. The molecule has 1 N–H and O–H groups in total. The number of carbonyl (C=O) groups is 1. The average Bonchev–Trinajstić information content (AvgIpc) is 3.09. The Morgan fingerprint density at radius 3 is 2.55 bits per heavy atom. The molecule has 1 aliphatic heterocycles. The molecule has 0 radical (unpaired) electrons. The highest BCUT2D eigenvalue weighted by molar-refractivity contribution is 8.19. The zero-order valence-electron chi connectivity index (χ0n) is 11.9. The Kier molecular flexibility index (Phi) is 4.77. The summed E-state index contributed by atoms with van der Waals surface area (Å²) in [5, 5.41) is 2.88. The van der Waals surface area contributed by atoms with E-state index in [-0.39, 0.29) is 5.91 Å². The van der Waals surface area contributed by atoms with E-state index in [1.165, 1.54) is 17.1 Å². The lowest BCUT2D eigenvalue weighted by Gasteiger charge is -2.10. The van der Waals surface area contributed by atoms with E-state index in [1.807, 2.05) is 66.0 Å². The zero-order valence-corrected chi connectivity index (χ0v) is 13.5. The van der Waals surface area contributed by atoms with Crippen LogP contribution in [-0.2, 0) is 0 Å². The lowest BCUT2D eigenvalue weighted by molar-refractivity contribution is 0.102. The highest BCUT2D eigenvalue weighted by Crippen LogP contribution is 2.45. The molecule has 4 heteroatoms. The van der Waals surface area contributed by atoms with Crippen LogP contribution in [-0.4, -0.2) is 17.4 Å². The van der Waals surface area contributed by atoms with E-state index in [4.69, 9.17) is 6.42 Å². The van der Waals surface area contributed by atoms with Gasteiger partial charge >= 0.3 is 0 Å². The van der Waals surface area contributed by atoms with Gasteiger partial charge < -0.3 is 5.32 Å². The van der Waals surface area contributed by atoms with Gasteiger partial charge in [0.25, 0.3) is 5.91 Å². The second kappa shape index (κ2) is 6.95. The number of carbonyl (C=O) groups excluding carboxylic acids is 1. The van der Waals surface area contributed by atoms with E-state index in [9.17, 15) is 4.79 Å². The van der Waals surface area contributed by atoms with Gasteiger partial charge in [-0.1, -0.05) is 24.1 Å². The molecule has 22 heavy (non-hydrogen) atoms. The maximum Gasteiger partial charge on any atom is 0.255 e. The molecule has 0 aliphatic carbocycles. The number of terminal acetylenes is 1. The minimum atomic E-state index is -0.118. The number of thioether (sulfide) groups is 2. The van der Waals surface area contributed by atoms with Crippen molar-refractivity contribution in [2.75, 3.05) is 16.8 Å². The molecular weight excluding hydrogens is 310 g/mol. The molecule has 0 atom stereocenters. The van der Waals surface area contributed by atoms with Crippen LogP contribution in [0.15, 0.2) is 48.5 Å². The van der Waals surface area contributed by atoms with E-state index >= 15 is 0 Å². The Morgan fingerprint density at radius 2 is 1.86 bits per heavy atom. The molecule has 1 saturated heterocycles. The predicted molar refractivity (Wildman–Crippen MR) is 96.4 cm³/mol. The number of hydrogen-bond donors (Lipinski definition) is 1. The van der Waals surface area contributed by atoms with E-state index < -0.39 is 0 Å². The van der Waals surface area contributed by atoms with Gasteiger partial charge in [0.1, 0.15) is 0 Å². The normalized spacial score (nSPS) is 14.5. The SMILES string of the molecule is C#Cc1cccc(NC(=O)c2ccc(C3SCCS3)cc2)c1. The van der Waals surface area contributed by atoms with Gasteiger partial charge in [0.2, 0.25) is 0 Å². The molecule has 2 aromatic carbocycles. The third-order valence-corrected chi connectivity index (χ3v) is 6.46. The topological polar surface area (TPSA) is 29.1 Å². The highest BCUT2D eigenvalue weighted by Gasteiger charge is 2.18. The third kappa shape index (κ3) is 3.49. The zero-order chi connectivity index (χ0) is 15.4. The minimum Gasteiger partial charge on any atom is -0.322 e. The number of amides is 1. The van der Waals surface area contributed by atoms with Crippen molar-refractivity contribution in [3.05, 3.63) is 65.2 Å². The fourth-order valence-electron chi connectivity index (χ4n) is 2.23. The smallest absolute Gasteiger partial charge is 0.255 e. The molecule has 0 bridgehead atoms. The van der Waals surface area contributed by atoms with Gasteiger partial charge in [0, 0.05) is 28.3 Å². The van der Waals surface area contributed by atoms with Gasteiger partial charge in [0.05, 0.1) is 4.58 Å². The quantitative estimate of drug-likeness (QED) is 0.848. The van der Waals surface area contributed by atoms with E-state index in [1.54, 1.807) is 6.07 Å². The standard InChI is InChI=1S/C18H15NOS2/c1-2-13-4-3-5-16(12-13)19-17(20)14-6-8-15(9-7-14)18-21-10-11-22-18/h1,3-9,12,18H,10-11H2,(H,19,20). The lowest BCUT2D eigenvalue weighted by atomic mass is 10.1. The monoisotopic (exact) mass is 325 g/mol. The van der Waals surface area contributed by atoms with Crippen molar-refractivity contribution in [2.24, 2.45) is 0 Å². The highest BCUT2D eigenvalue weighted by atomic mass is 32.2. The van der Waals surface area contributed by atoms with Crippen molar-refractivity contribution in [3.63, 3.8) is 0 Å². The van der Waals surface area contributed by atoms with Gasteiger partial charge in [0.15, 0.2) is 0 Å². The summed E-state index contributed by atoms with van der Waals surface area (Å²) in [5.74, 6) is 4.84. The van der Waals surface area contributed by atoms with Crippen LogP contribution in [0.4, 0.5) is 5.69 Å². The van der Waals surface area contributed by atoms with Crippen molar-refractivity contribution in [1.29, 1.82) is 0 Å². The van der Waals surface area contributed by atoms with Crippen molar-refractivity contribution in [3.8, 4) is 12.3 Å². The number of benzene rings is 2. The maximum absolute atomic E-state index is 12.3. The first kappa shape index (κ1) is 15.1. The third-order valence-electron chi connectivity index (χ3n) is 3.35. The number of rotatable bonds is 3. The van der Waals surface area contributed by atoms with Crippen molar-refractivity contribution >= 4 is 35.1 Å². The maximum atomic E-state index is 12.3. The summed E-state index contributed by atoms with van der Waals surface area (Å²) >= 11 is 3.92. The van der Waals surface area contributed by atoms with Crippen LogP contribution >= 0.6 is 23.5 Å². The van der Waals surface area contributed by atoms with Crippen LogP contribution in [0.25, 0.3) is 0 Å². The van der Waals surface area contributed by atoms with Gasteiger partial charge in [-0.05, 0) is 35.9 Å². The first-order valence-corrected chi connectivity index (χ1v) is 9.07.